The summed E-state index contributed by atoms with van der Waals surface area (Å²) in [5, 5.41) is 17.2. The van der Waals surface area contributed by atoms with Crippen molar-refractivity contribution < 1.29 is 23.2 Å². The summed E-state index contributed by atoms with van der Waals surface area (Å²) in [5.41, 5.74) is 0. The molecule has 0 aliphatic heterocycles. The molecule has 0 saturated heterocycles. The second-order valence-electron chi connectivity index (χ2n) is 2.41. The van der Waals surface area contributed by atoms with E-state index in [2.05, 4.69) is 0 Å². The van der Waals surface area contributed by atoms with Crippen molar-refractivity contribution in [2.75, 3.05) is 19.7 Å². The zero-order valence-electron chi connectivity index (χ0n) is 6.71. The average Bonchev–Trinajstić information content (AvgIpc) is 1.83. The Morgan fingerprint density at radius 2 is 2.00 bits per heavy atom. The SMILES string of the molecule is CC(O)CN(CCO)S(=O)(=O)O. The van der Waals surface area contributed by atoms with E-state index >= 15 is 0 Å². The highest BCUT2D eigenvalue weighted by Crippen LogP contribution is 1.98. The highest BCUT2D eigenvalue weighted by Gasteiger charge is 2.19. The Hall–Kier alpha value is -0.210. The summed E-state index contributed by atoms with van der Waals surface area (Å²) in [5.74, 6) is 0. The van der Waals surface area contributed by atoms with Gasteiger partial charge in [-0.25, -0.2) is 0 Å². The third-order valence-electron chi connectivity index (χ3n) is 1.14. The Bertz CT molecular complexity index is 212. The molecular formula is C5H13NO5S. The molecule has 1 atom stereocenters. The Morgan fingerprint density at radius 3 is 2.25 bits per heavy atom. The number of nitrogens with zero attached hydrogens (tertiary/aromatic N) is 1. The van der Waals surface area contributed by atoms with Crippen LogP contribution in [0.2, 0.25) is 0 Å². The van der Waals surface area contributed by atoms with E-state index in [1.807, 2.05) is 0 Å². The Labute approximate surface area is 71.3 Å². The summed E-state index contributed by atoms with van der Waals surface area (Å²) in [6.07, 6.45) is -0.876. The van der Waals surface area contributed by atoms with E-state index in [-0.39, 0.29) is 13.1 Å². The van der Waals surface area contributed by atoms with Crippen molar-refractivity contribution in [3.05, 3.63) is 0 Å². The minimum atomic E-state index is -4.31. The van der Waals surface area contributed by atoms with Crippen molar-refractivity contribution in [3.8, 4) is 0 Å². The first-order valence-corrected chi connectivity index (χ1v) is 4.79. The minimum absolute atomic E-state index is 0.219. The minimum Gasteiger partial charge on any atom is -0.395 e. The van der Waals surface area contributed by atoms with Crippen LogP contribution in [0.3, 0.4) is 0 Å². The Balaban J connectivity index is 4.24. The molecule has 0 aromatic carbocycles. The van der Waals surface area contributed by atoms with Gasteiger partial charge in [0.25, 0.3) is 0 Å². The lowest BCUT2D eigenvalue weighted by atomic mass is 10.4. The van der Waals surface area contributed by atoms with Crippen LogP contribution in [0, 0.1) is 0 Å². The van der Waals surface area contributed by atoms with Gasteiger partial charge in [-0.3, -0.25) is 4.55 Å². The van der Waals surface area contributed by atoms with Crippen molar-refractivity contribution in [2.24, 2.45) is 0 Å². The van der Waals surface area contributed by atoms with Crippen LogP contribution in [0.15, 0.2) is 0 Å². The molecule has 0 rings (SSSR count). The maximum Gasteiger partial charge on any atom is 0.336 e. The third kappa shape index (κ3) is 4.62. The quantitative estimate of drug-likeness (QED) is 0.466. The second kappa shape index (κ2) is 4.73. The zero-order chi connectivity index (χ0) is 9.78. The first-order valence-electron chi connectivity index (χ1n) is 3.39. The molecule has 12 heavy (non-hydrogen) atoms. The number of hydrogen-bond donors (Lipinski definition) is 3. The summed E-state index contributed by atoms with van der Waals surface area (Å²) in [7, 11) is -4.31. The molecule has 0 fully saturated rings. The van der Waals surface area contributed by atoms with Crippen molar-refractivity contribution in [1.29, 1.82) is 0 Å². The van der Waals surface area contributed by atoms with Crippen LogP contribution < -0.4 is 0 Å². The molecule has 0 spiro atoms. The third-order valence-corrected chi connectivity index (χ3v) is 2.13. The van der Waals surface area contributed by atoms with Crippen LogP contribution in [-0.4, -0.2) is 53.3 Å². The number of aliphatic hydroxyl groups is 2. The van der Waals surface area contributed by atoms with E-state index in [0.29, 0.717) is 4.31 Å². The summed E-state index contributed by atoms with van der Waals surface area (Å²) in [4.78, 5) is 0. The molecule has 7 heteroatoms. The van der Waals surface area contributed by atoms with Crippen LogP contribution in [0.1, 0.15) is 6.92 Å². The predicted molar refractivity (Wildman–Crippen MR) is 41.9 cm³/mol. The van der Waals surface area contributed by atoms with E-state index in [1.165, 1.54) is 6.92 Å². The standard InChI is InChI=1S/C5H13NO5S/c1-5(8)4-6(2-3-7)12(9,10)11/h5,7-8H,2-4H2,1H3,(H,9,10,11). The highest BCUT2D eigenvalue weighted by molar-refractivity contribution is 7.83. The molecule has 0 heterocycles. The topological polar surface area (TPSA) is 98.1 Å². The highest BCUT2D eigenvalue weighted by atomic mass is 32.2. The van der Waals surface area contributed by atoms with Gasteiger partial charge in [0.05, 0.1) is 12.7 Å². The Morgan fingerprint density at radius 1 is 1.50 bits per heavy atom. The van der Waals surface area contributed by atoms with Crippen LogP contribution in [-0.2, 0) is 10.3 Å². The fourth-order valence-corrected chi connectivity index (χ4v) is 1.42. The first kappa shape index (κ1) is 11.8. The maximum atomic E-state index is 10.5. The van der Waals surface area contributed by atoms with Gasteiger partial charge in [-0.2, -0.15) is 12.7 Å². The molecule has 3 N–H and O–H groups in total. The van der Waals surface area contributed by atoms with Gasteiger partial charge < -0.3 is 10.2 Å². The van der Waals surface area contributed by atoms with Gasteiger partial charge in [0.1, 0.15) is 0 Å². The molecule has 0 aliphatic carbocycles. The predicted octanol–water partition coefficient (Wildman–Crippen LogP) is -1.54. The lowest BCUT2D eigenvalue weighted by Crippen LogP contribution is -2.38. The van der Waals surface area contributed by atoms with Crippen molar-refractivity contribution in [1.82, 2.24) is 4.31 Å². The number of aliphatic hydroxyl groups excluding tert-OH is 2. The van der Waals surface area contributed by atoms with Gasteiger partial charge in [0.2, 0.25) is 0 Å². The molecule has 1 unspecified atom stereocenters. The normalized spacial score (nSPS) is 15.1. The van der Waals surface area contributed by atoms with Crippen LogP contribution in [0.4, 0.5) is 0 Å². The van der Waals surface area contributed by atoms with Crippen LogP contribution in [0.5, 0.6) is 0 Å². The van der Waals surface area contributed by atoms with Gasteiger partial charge in [-0.1, -0.05) is 0 Å². The molecule has 0 aliphatic rings. The van der Waals surface area contributed by atoms with Gasteiger partial charge in [0.15, 0.2) is 0 Å². The van der Waals surface area contributed by atoms with Crippen LogP contribution in [0.25, 0.3) is 0 Å². The van der Waals surface area contributed by atoms with Crippen LogP contribution >= 0.6 is 0 Å². The molecule has 0 aromatic rings. The molecule has 0 radical (unpaired) electrons. The molecule has 0 aromatic heterocycles. The first-order chi connectivity index (χ1) is 5.38. The number of hydrogen-bond acceptors (Lipinski definition) is 4. The monoisotopic (exact) mass is 199 g/mol. The van der Waals surface area contributed by atoms with Crippen molar-refractivity contribution in [3.63, 3.8) is 0 Å². The van der Waals surface area contributed by atoms with Crippen molar-refractivity contribution in [2.45, 2.75) is 13.0 Å². The molecule has 0 bridgehead atoms. The summed E-state index contributed by atoms with van der Waals surface area (Å²) in [6.45, 7) is 0.547. The molecular weight excluding hydrogens is 186 g/mol. The zero-order valence-corrected chi connectivity index (χ0v) is 7.53. The lowest BCUT2D eigenvalue weighted by molar-refractivity contribution is 0.147. The van der Waals surface area contributed by atoms with Gasteiger partial charge >= 0.3 is 10.3 Å². The summed E-state index contributed by atoms with van der Waals surface area (Å²) in [6, 6.07) is 0. The average molecular weight is 199 g/mol. The van der Waals surface area contributed by atoms with E-state index in [0.717, 1.165) is 0 Å². The Kier molecular flexibility index (Phi) is 4.64. The fraction of sp³-hybridized carbons (Fsp3) is 1.00. The summed E-state index contributed by atoms with van der Waals surface area (Å²) >= 11 is 0. The van der Waals surface area contributed by atoms with Gasteiger partial charge in [-0.05, 0) is 6.92 Å². The van der Waals surface area contributed by atoms with E-state index in [4.69, 9.17) is 14.8 Å². The van der Waals surface area contributed by atoms with Gasteiger partial charge in [0, 0.05) is 13.1 Å². The van der Waals surface area contributed by atoms with E-state index in [1.54, 1.807) is 0 Å². The smallest absolute Gasteiger partial charge is 0.336 e. The van der Waals surface area contributed by atoms with Crippen molar-refractivity contribution >= 4 is 10.3 Å². The molecule has 0 saturated carbocycles. The maximum absolute atomic E-state index is 10.5. The van der Waals surface area contributed by atoms with E-state index < -0.39 is 23.0 Å². The van der Waals surface area contributed by atoms with Gasteiger partial charge in [-0.15, -0.1) is 0 Å². The molecule has 74 valence electrons. The molecule has 0 amide bonds. The summed E-state index contributed by atoms with van der Waals surface area (Å²) < 4.78 is 30.2. The lowest BCUT2D eigenvalue weighted by Gasteiger charge is -2.18. The van der Waals surface area contributed by atoms with E-state index in [9.17, 15) is 8.42 Å². The largest absolute Gasteiger partial charge is 0.395 e. The fourth-order valence-electron chi connectivity index (χ4n) is 0.707. The molecule has 6 nitrogen and oxygen atoms in total. The number of rotatable bonds is 5. The second-order valence-corrected chi connectivity index (χ2v) is 3.82.